The molecule has 2 heterocycles. The van der Waals surface area contributed by atoms with Crippen molar-refractivity contribution in [3.8, 4) is 61.3 Å². The van der Waals surface area contributed by atoms with Crippen molar-refractivity contribution in [3.05, 3.63) is 267 Å². The van der Waals surface area contributed by atoms with E-state index >= 15 is 0 Å². The van der Waals surface area contributed by atoms with Crippen LogP contribution in [-0.4, -0.2) is 4.57 Å². The van der Waals surface area contributed by atoms with Gasteiger partial charge in [-0.3, -0.25) is 0 Å². The first-order valence-electron chi connectivity index (χ1n) is 23.4. The molecule has 0 aliphatic heterocycles. The van der Waals surface area contributed by atoms with Gasteiger partial charge in [0.1, 0.15) is 16.7 Å². The van der Waals surface area contributed by atoms with Gasteiger partial charge in [-0.05, 0) is 117 Å². The first kappa shape index (κ1) is 40.0. The van der Waals surface area contributed by atoms with E-state index in [4.69, 9.17) is 4.42 Å². The lowest BCUT2D eigenvalue weighted by atomic mass is 9.98. The fourth-order valence-electron chi connectivity index (χ4n) is 10.1. The van der Waals surface area contributed by atoms with Gasteiger partial charge in [0.25, 0.3) is 0 Å². The summed E-state index contributed by atoms with van der Waals surface area (Å²) in [6.07, 6.45) is 0. The normalized spacial score (nSPS) is 11.4. The van der Waals surface area contributed by atoms with Gasteiger partial charge in [-0.15, -0.1) is 0 Å². The van der Waals surface area contributed by atoms with Crippen LogP contribution < -0.4 is 4.90 Å². The molecular weight excluding hydrogens is 837 g/mol. The fraction of sp³-hybridized carbons (Fsp3) is 0. The van der Waals surface area contributed by atoms with Crippen molar-refractivity contribution >= 4 is 60.8 Å². The maximum absolute atomic E-state index is 6.37. The number of anilines is 3. The molecule has 0 radical (unpaired) electrons. The monoisotopic (exact) mass is 878 g/mol. The van der Waals surface area contributed by atoms with Gasteiger partial charge >= 0.3 is 0 Å². The average Bonchev–Trinajstić information content (AvgIpc) is 3.98. The van der Waals surface area contributed by atoms with Gasteiger partial charge in [0.05, 0.1) is 11.2 Å². The summed E-state index contributed by atoms with van der Waals surface area (Å²) in [5, 5.41) is 4.66. The number of rotatable bonds is 9. The first-order chi connectivity index (χ1) is 34.2. The van der Waals surface area contributed by atoms with E-state index in [1.807, 2.05) is 18.2 Å². The molecule has 3 nitrogen and oxygen atoms in total. The maximum Gasteiger partial charge on any atom is 0.143 e. The Bertz CT molecular complexity index is 3910. The van der Waals surface area contributed by atoms with E-state index < -0.39 is 0 Å². The second-order valence-electron chi connectivity index (χ2n) is 17.5. The summed E-state index contributed by atoms with van der Waals surface area (Å²) in [7, 11) is 0. The minimum absolute atomic E-state index is 0.909. The highest BCUT2D eigenvalue weighted by molar-refractivity contribution is 6.10. The van der Waals surface area contributed by atoms with Crippen LogP contribution in [0.5, 0.6) is 0 Å². The molecule has 0 aliphatic rings. The van der Waals surface area contributed by atoms with Crippen LogP contribution in [0.15, 0.2) is 259 Å². The fourth-order valence-corrected chi connectivity index (χ4v) is 10.1. The van der Waals surface area contributed by atoms with Gasteiger partial charge in [0.15, 0.2) is 0 Å². The number of hydrogen-bond donors (Lipinski definition) is 0. The van der Waals surface area contributed by atoms with Crippen LogP contribution in [0.3, 0.4) is 0 Å². The van der Waals surface area contributed by atoms with Gasteiger partial charge in [0.2, 0.25) is 0 Å². The molecule has 0 saturated heterocycles. The van der Waals surface area contributed by atoms with Gasteiger partial charge < -0.3 is 13.9 Å². The predicted molar refractivity (Wildman–Crippen MR) is 288 cm³/mol. The molecule has 322 valence electrons. The van der Waals surface area contributed by atoms with Gasteiger partial charge in [-0.2, -0.15) is 0 Å². The Balaban J connectivity index is 0.806. The Kier molecular flexibility index (Phi) is 9.74. The molecule has 3 heteroatoms. The Morgan fingerprint density at radius 2 is 0.797 bits per heavy atom. The third-order valence-corrected chi connectivity index (χ3v) is 13.5. The smallest absolute Gasteiger partial charge is 0.143 e. The van der Waals surface area contributed by atoms with E-state index in [0.717, 1.165) is 100 Å². The van der Waals surface area contributed by atoms with E-state index in [0.29, 0.717) is 0 Å². The molecule has 0 fully saturated rings. The Labute approximate surface area is 401 Å². The van der Waals surface area contributed by atoms with Crippen molar-refractivity contribution in [2.24, 2.45) is 0 Å². The van der Waals surface area contributed by atoms with Gasteiger partial charge in [-0.25, -0.2) is 0 Å². The SMILES string of the molecule is c1ccc2c3ccccc3n(-c3ccccc3-c3ccc(-c4ccc(N(c5ccc(-c6ccccc6)cc5)c5ccc(-c6ccc(-c7cccc8c7oc7ccccc78)cc6)cc5)cc4)cc3)c2c#1. The minimum Gasteiger partial charge on any atom is -0.455 e. The molecule has 69 heavy (non-hydrogen) atoms. The molecule has 11 aromatic carbocycles. The number of hydrogen-bond acceptors (Lipinski definition) is 2. The van der Waals surface area contributed by atoms with Crippen LogP contribution in [0.2, 0.25) is 0 Å². The molecule has 0 N–H and O–H groups in total. The zero-order valence-corrected chi connectivity index (χ0v) is 37.6. The summed E-state index contributed by atoms with van der Waals surface area (Å²) < 4.78 is 8.69. The molecule has 0 bridgehead atoms. The number of benzene rings is 10. The van der Waals surface area contributed by atoms with Gasteiger partial charge in [0, 0.05) is 49.7 Å². The standard InChI is InChI=1S/C66H42N2O/c1-2-13-45(14-3-1)48-33-39-53(40-34-48)67(55-43-37-50(38-44-55)47-27-31-52(32-28-47)57-19-12-20-61-60-18-7-11-24-65(60)69-66(57)61)54-41-35-49(36-42-54)46-25-29-51(30-26-46)56-15-4-8-21-62(56)68-63-22-9-5-16-58(63)59-17-6-10-23-64(59)68/h1-9,11-22,24-44H. The van der Waals surface area contributed by atoms with Crippen LogP contribution in [-0.2, 0) is 0 Å². The molecule has 0 saturated carbocycles. The van der Waals surface area contributed by atoms with E-state index in [-0.39, 0.29) is 0 Å². The number of aromatic nitrogens is 1. The lowest BCUT2D eigenvalue weighted by molar-refractivity contribution is 0.670. The summed E-state index contributed by atoms with van der Waals surface area (Å²) in [6, 6.07) is 97.6. The molecule has 2 aromatic heterocycles. The topological polar surface area (TPSA) is 21.3 Å². The lowest BCUT2D eigenvalue weighted by Crippen LogP contribution is -2.09. The first-order valence-corrected chi connectivity index (χ1v) is 23.4. The predicted octanol–water partition coefficient (Wildman–Crippen LogP) is 18.1. The van der Waals surface area contributed by atoms with Crippen molar-refractivity contribution in [2.75, 3.05) is 4.90 Å². The molecule has 0 atom stereocenters. The van der Waals surface area contributed by atoms with Crippen molar-refractivity contribution in [3.63, 3.8) is 0 Å². The Morgan fingerprint density at radius 1 is 0.333 bits per heavy atom. The minimum atomic E-state index is 0.909. The quantitative estimate of drug-likeness (QED) is 0.144. The summed E-state index contributed by atoms with van der Waals surface area (Å²) in [6.45, 7) is 0. The van der Waals surface area contributed by atoms with Crippen molar-refractivity contribution < 1.29 is 4.42 Å². The maximum atomic E-state index is 6.37. The van der Waals surface area contributed by atoms with Crippen LogP contribution in [0.4, 0.5) is 17.1 Å². The zero-order valence-electron chi connectivity index (χ0n) is 37.6. The zero-order chi connectivity index (χ0) is 45.7. The van der Waals surface area contributed by atoms with E-state index in [9.17, 15) is 0 Å². The summed E-state index contributed by atoms with van der Waals surface area (Å²) in [4.78, 5) is 2.34. The third-order valence-electron chi connectivity index (χ3n) is 13.5. The largest absolute Gasteiger partial charge is 0.455 e. The van der Waals surface area contributed by atoms with E-state index in [1.54, 1.807) is 0 Å². The van der Waals surface area contributed by atoms with Crippen molar-refractivity contribution in [1.82, 2.24) is 4.57 Å². The van der Waals surface area contributed by atoms with Crippen molar-refractivity contribution in [2.45, 2.75) is 0 Å². The van der Waals surface area contributed by atoms with Crippen molar-refractivity contribution in [1.29, 1.82) is 0 Å². The average molecular weight is 879 g/mol. The summed E-state index contributed by atoms with van der Waals surface area (Å²) in [5.41, 5.74) is 19.9. The van der Waals surface area contributed by atoms with Crippen LogP contribution in [0, 0.1) is 12.1 Å². The molecule has 13 aromatic rings. The summed E-state index contributed by atoms with van der Waals surface area (Å²) >= 11 is 0. The highest BCUT2D eigenvalue weighted by atomic mass is 16.3. The summed E-state index contributed by atoms with van der Waals surface area (Å²) in [5.74, 6) is 0. The van der Waals surface area contributed by atoms with Crippen LogP contribution in [0.25, 0.3) is 105 Å². The number of para-hydroxylation sites is 4. The van der Waals surface area contributed by atoms with Crippen LogP contribution >= 0.6 is 0 Å². The van der Waals surface area contributed by atoms with Gasteiger partial charge in [-0.1, -0.05) is 194 Å². The lowest BCUT2D eigenvalue weighted by Gasteiger charge is -2.26. The van der Waals surface area contributed by atoms with E-state index in [1.165, 1.54) is 21.9 Å². The molecule has 0 aliphatic carbocycles. The number of nitrogens with zero attached hydrogens (tertiary/aromatic N) is 2. The molecular formula is C66H42N2O. The highest BCUT2D eigenvalue weighted by Gasteiger charge is 2.18. The molecule has 0 spiro atoms. The second-order valence-corrected chi connectivity index (χ2v) is 17.5. The number of furan rings is 1. The van der Waals surface area contributed by atoms with E-state index in [2.05, 4.69) is 258 Å². The molecule has 13 rings (SSSR count). The molecule has 0 amide bonds. The number of fused-ring (bicyclic) bond motifs is 6. The second kappa shape index (κ2) is 16.8. The third kappa shape index (κ3) is 7.11. The molecule has 0 unspecified atom stereocenters. The van der Waals surface area contributed by atoms with Crippen LogP contribution in [0.1, 0.15) is 0 Å². The highest BCUT2D eigenvalue weighted by Crippen LogP contribution is 2.41. The Hall–Kier alpha value is -9.36. The Morgan fingerprint density at radius 3 is 1.43 bits per heavy atom.